The van der Waals surface area contributed by atoms with E-state index in [2.05, 4.69) is 15.9 Å². The Kier molecular flexibility index (Phi) is 2.46. The summed E-state index contributed by atoms with van der Waals surface area (Å²) in [5.41, 5.74) is 1.04. The van der Waals surface area contributed by atoms with Crippen LogP contribution in [0.3, 0.4) is 0 Å². The molecule has 0 unspecified atom stereocenters. The minimum absolute atomic E-state index is 0.478. The number of aliphatic carboxylic acids is 1. The van der Waals surface area contributed by atoms with Crippen molar-refractivity contribution in [1.82, 2.24) is 0 Å². The van der Waals surface area contributed by atoms with Gasteiger partial charge in [-0.3, -0.25) is 0 Å². The van der Waals surface area contributed by atoms with Crippen LogP contribution in [0, 0.1) is 0 Å². The van der Waals surface area contributed by atoms with Crippen LogP contribution in [0.25, 0.3) is 0 Å². The van der Waals surface area contributed by atoms with Gasteiger partial charge in [0, 0.05) is 4.47 Å². The second-order valence-corrected chi connectivity index (χ2v) is 4.13. The highest BCUT2D eigenvalue weighted by Gasteiger charge is 2.20. The molecule has 0 spiro atoms. The number of fused-ring (bicyclic) bond motifs is 1. The van der Waals surface area contributed by atoms with Crippen LogP contribution in [0.1, 0.15) is 12.0 Å². The van der Waals surface area contributed by atoms with Crippen LogP contribution in [0.15, 0.2) is 22.7 Å². The van der Waals surface area contributed by atoms with Crippen LogP contribution in [0.5, 0.6) is 5.75 Å². The lowest BCUT2D eigenvalue weighted by Crippen LogP contribution is -2.41. The molecule has 0 aromatic heterocycles. The van der Waals surface area contributed by atoms with Gasteiger partial charge < -0.3 is 14.6 Å². The van der Waals surface area contributed by atoms with E-state index < -0.39 is 12.1 Å². The van der Waals surface area contributed by atoms with E-state index in [1.165, 1.54) is 0 Å². The summed E-state index contributed by atoms with van der Waals surface area (Å²) in [4.78, 5) is 10.6. The Morgan fingerprint density at radius 3 is 3.07 bits per heavy atom. The number of carbonyl (C=O) groups excluding carboxylic acids is 1. The molecule has 3 nitrogen and oxygen atoms in total. The largest absolute Gasteiger partial charge is 0.546 e. The molecule has 2 rings (SSSR count). The van der Waals surface area contributed by atoms with Crippen LogP contribution >= 0.6 is 15.9 Å². The molecule has 4 heteroatoms. The average molecular weight is 256 g/mol. The van der Waals surface area contributed by atoms with Crippen LogP contribution in [-0.2, 0) is 11.2 Å². The summed E-state index contributed by atoms with van der Waals surface area (Å²) in [5.74, 6) is -0.493. The first-order valence-corrected chi connectivity index (χ1v) is 5.12. The fourth-order valence-electron chi connectivity index (χ4n) is 1.52. The van der Waals surface area contributed by atoms with Gasteiger partial charge in [0.15, 0.2) is 0 Å². The van der Waals surface area contributed by atoms with Gasteiger partial charge in [-0.15, -0.1) is 0 Å². The smallest absolute Gasteiger partial charge is 0.138 e. The monoisotopic (exact) mass is 255 g/mol. The van der Waals surface area contributed by atoms with Gasteiger partial charge >= 0.3 is 0 Å². The summed E-state index contributed by atoms with van der Waals surface area (Å²) in [6.45, 7) is 0. The van der Waals surface area contributed by atoms with E-state index in [4.69, 9.17) is 4.74 Å². The number of hydrogen-bond acceptors (Lipinski definition) is 3. The molecule has 0 bridgehead atoms. The normalized spacial score (nSPS) is 19.6. The summed E-state index contributed by atoms with van der Waals surface area (Å²) in [6, 6.07) is 5.55. The maximum absolute atomic E-state index is 10.6. The molecule has 0 amide bonds. The molecule has 74 valence electrons. The van der Waals surface area contributed by atoms with E-state index in [9.17, 15) is 9.90 Å². The summed E-state index contributed by atoms with van der Waals surface area (Å²) < 4.78 is 6.24. The number of hydrogen-bond donors (Lipinski definition) is 0. The number of benzene rings is 1. The van der Waals surface area contributed by atoms with Gasteiger partial charge in [-0.2, -0.15) is 0 Å². The molecule has 1 aromatic rings. The molecule has 1 atom stereocenters. The number of halogens is 1. The third kappa shape index (κ3) is 1.75. The maximum atomic E-state index is 10.6. The number of carboxylic acid groups (broad SMARTS) is 1. The molecule has 1 aromatic carbocycles. The minimum atomic E-state index is -1.14. The predicted molar refractivity (Wildman–Crippen MR) is 51.9 cm³/mol. The Hall–Kier alpha value is -1.03. The number of rotatable bonds is 1. The molecule has 1 heterocycles. The summed E-state index contributed by atoms with van der Waals surface area (Å²) in [6.07, 6.45) is 0.392. The Morgan fingerprint density at radius 1 is 1.57 bits per heavy atom. The lowest BCUT2D eigenvalue weighted by molar-refractivity contribution is -0.314. The van der Waals surface area contributed by atoms with E-state index in [-0.39, 0.29) is 0 Å². The van der Waals surface area contributed by atoms with Crippen molar-refractivity contribution < 1.29 is 14.6 Å². The quantitative estimate of drug-likeness (QED) is 0.749. The Morgan fingerprint density at radius 2 is 2.36 bits per heavy atom. The average Bonchev–Trinajstić information content (AvgIpc) is 2.16. The molecule has 0 saturated carbocycles. The number of ether oxygens (including phenoxy) is 1. The van der Waals surface area contributed by atoms with Gasteiger partial charge in [-0.25, -0.2) is 0 Å². The van der Waals surface area contributed by atoms with Crippen molar-refractivity contribution in [3.05, 3.63) is 28.2 Å². The highest BCUT2D eigenvalue weighted by atomic mass is 79.9. The van der Waals surface area contributed by atoms with Crippen molar-refractivity contribution in [2.24, 2.45) is 0 Å². The zero-order chi connectivity index (χ0) is 10.1. The van der Waals surface area contributed by atoms with Crippen molar-refractivity contribution in [2.75, 3.05) is 0 Å². The lowest BCUT2D eigenvalue weighted by atomic mass is 10.0. The van der Waals surface area contributed by atoms with Gasteiger partial charge in [0.1, 0.15) is 11.9 Å². The summed E-state index contributed by atoms with van der Waals surface area (Å²) in [7, 11) is 0. The van der Waals surface area contributed by atoms with Crippen molar-refractivity contribution in [3.8, 4) is 5.75 Å². The molecule has 14 heavy (non-hydrogen) atoms. The van der Waals surface area contributed by atoms with Crippen LogP contribution in [-0.4, -0.2) is 12.1 Å². The van der Waals surface area contributed by atoms with E-state index in [0.29, 0.717) is 18.6 Å². The van der Waals surface area contributed by atoms with Crippen LogP contribution in [0.2, 0.25) is 0 Å². The Labute approximate surface area is 89.8 Å². The second kappa shape index (κ2) is 3.61. The molecule has 1 aliphatic heterocycles. The van der Waals surface area contributed by atoms with Crippen LogP contribution < -0.4 is 9.84 Å². The van der Waals surface area contributed by atoms with E-state index >= 15 is 0 Å². The Balaban J connectivity index is 2.27. The van der Waals surface area contributed by atoms with Gasteiger partial charge in [-0.1, -0.05) is 15.9 Å². The fourth-order valence-corrected chi connectivity index (χ4v) is 1.93. The Bertz CT molecular complexity index is 376. The van der Waals surface area contributed by atoms with Gasteiger partial charge in [0.25, 0.3) is 0 Å². The number of aryl methyl sites for hydroxylation is 1. The molecule has 0 radical (unpaired) electrons. The summed E-state index contributed by atoms with van der Waals surface area (Å²) >= 11 is 3.35. The third-order valence-electron chi connectivity index (χ3n) is 2.23. The molecule has 1 aliphatic rings. The van der Waals surface area contributed by atoms with Gasteiger partial charge in [0.2, 0.25) is 0 Å². The van der Waals surface area contributed by atoms with Crippen molar-refractivity contribution in [1.29, 1.82) is 0 Å². The number of carboxylic acids is 1. The second-order valence-electron chi connectivity index (χ2n) is 3.22. The van der Waals surface area contributed by atoms with E-state index in [1.807, 2.05) is 12.1 Å². The third-order valence-corrected chi connectivity index (χ3v) is 2.72. The predicted octanol–water partition coefficient (Wildman–Crippen LogP) is 0.893. The highest BCUT2D eigenvalue weighted by Crippen LogP contribution is 2.29. The number of carbonyl (C=O) groups is 1. The lowest BCUT2D eigenvalue weighted by Gasteiger charge is -2.26. The molecule has 0 saturated heterocycles. The minimum Gasteiger partial charge on any atom is -0.546 e. The highest BCUT2D eigenvalue weighted by molar-refractivity contribution is 9.10. The van der Waals surface area contributed by atoms with Crippen molar-refractivity contribution >= 4 is 21.9 Å². The zero-order valence-corrected chi connectivity index (χ0v) is 8.91. The zero-order valence-electron chi connectivity index (χ0n) is 7.33. The van der Waals surface area contributed by atoms with Gasteiger partial charge in [-0.05, 0) is 36.6 Å². The SMILES string of the molecule is O=C([O-])[C@H]1CCc2cc(Br)ccc2O1. The fraction of sp³-hybridized carbons (Fsp3) is 0.300. The first-order chi connectivity index (χ1) is 6.66. The van der Waals surface area contributed by atoms with Gasteiger partial charge in [0.05, 0.1) is 5.97 Å². The first-order valence-electron chi connectivity index (χ1n) is 4.33. The molecule has 0 N–H and O–H groups in total. The first kappa shape index (κ1) is 9.52. The van der Waals surface area contributed by atoms with E-state index in [0.717, 1.165) is 10.0 Å². The summed E-state index contributed by atoms with van der Waals surface area (Å²) in [5, 5.41) is 10.6. The molecular weight excluding hydrogens is 248 g/mol. The topological polar surface area (TPSA) is 49.4 Å². The molecule has 0 fully saturated rings. The van der Waals surface area contributed by atoms with Crippen molar-refractivity contribution in [3.63, 3.8) is 0 Å². The maximum Gasteiger partial charge on any atom is 0.138 e. The standard InChI is InChI=1S/C10H9BrO3/c11-7-2-4-8-6(5-7)1-3-9(14-8)10(12)13/h2,4-5,9H,1,3H2,(H,12,13)/p-1/t9-/m1/s1. The van der Waals surface area contributed by atoms with E-state index in [1.54, 1.807) is 6.07 Å². The van der Waals surface area contributed by atoms with Crippen molar-refractivity contribution in [2.45, 2.75) is 18.9 Å². The molecule has 0 aliphatic carbocycles. The molecular formula is C10H8BrO3-. The van der Waals surface area contributed by atoms with Crippen LogP contribution in [0.4, 0.5) is 0 Å².